The van der Waals surface area contributed by atoms with Crippen molar-refractivity contribution in [2.75, 3.05) is 28.2 Å². The van der Waals surface area contributed by atoms with Crippen LogP contribution in [0.4, 0.5) is 35.3 Å². The highest BCUT2D eigenvalue weighted by Gasteiger charge is 2.40. The van der Waals surface area contributed by atoms with Crippen molar-refractivity contribution >= 4 is 23.4 Å². The van der Waals surface area contributed by atoms with Crippen molar-refractivity contribution in [1.29, 1.82) is 0 Å². The highest BCUT2D eigenvalue weighted by atomic mass is 19.4. The Kier molecular flexibility index (Phi) is 4.45. The van der Waals surface area contributed by atoms with Gasteiger partial charge in [0.25, 0.3) is 0 Å². The summed E-state index contributed by atoms with van der Waals surface area (Å²) in [5.74, 6) is 0.692. The number of anilines is 3. The molecule has 2 aliphatic rings. The van der Waals surface area contributed by atoms with E-state index in [0.717, 1.165) is 30.9 Å². The van der Waals surface area contributed by atoms with Gasteiger partial charge in [-0.3, -0.25) is 20.2 Å². The molecule has 31 heavy (non-hydrogen) atoms. The first kappa shape index (κ1) is 19.2. The number of halogens is 3. The SMILES string of the molecule is O=C(Nc1cnccn1)N1c2nc(-c3cncc(C(F)(F)F)c3)ccc2N2CC[C@H]1C2. The summed E-state index contributed by atoms with van der Waals surface area (Å²) in [4.78, 5) is 33.0. The summed E-state index contributed by atoms with van der Waals surface area (Å²) < 4.78 is 39.3. The first-order chi connectivity index (χ1) is 14.9. The van der Waals surface area contributed by atoms with Crippen LogP contribution in [-0.2, 0) is 6.18 Å². The zero-order valence-corrected chi connectivity index (χ0v) is 16.0. The molecular formula is C20H16F3N7O. The molecule has 2 amide bonds. The summed E-state index contributed by atoms with van der Waals surface area (Å²) in [5.41, 5.74) is 0.425. The lowest BCUT2D eigenvalue weighted by atomic mass is 10.1. The molecule has 1 N–H and O–H groups in total. The van der Waals surface area contributed by atoms with E-state index in [2.05, 4.69) is 30.2 Å². The Morgan fingerprint density at radius 1 is 1.13 bits per heavy atom. The van der Waals surface area contributed by atoms with Crippen LogP contribution in [0.2, 0.25) is 0 Å². The van der Waals surface area contributed by atoms with Crippen molar-refractivity contribution < 1.29 is 18.0 Å². The lowest BCUT2D eigenvalue weighted by Gasteiger charge is -2.35. The highest BCUT2D eigenvalue weighted by molar-refractivity contribution is 6.04. The maximum Gasteiger partial charge on any atom is 0.417 e. The van der Waals surface area contributed by atoms with E-state index in [-0.39, 0.29) is 11.6 Å². The first-order valence-corrected chi connectivity index (χ1v) is 9.55. The third-order valence-corrected chi connectivity index (χ3v) is 5.33. The number of amides is 2. The first-order valence-electron chi connectivity index (χ1n) is 9.55. The van der Waals surface area contributed by atoms with Gasteiger partial charge in [-0.25, -0.2) is 14.8 Å². The third-order valence-electron chi connectivity index (χ3n) is 5.33. The van der Waals surface area contributed by atoms with Gasteiger partial charge in [-0.1, -0.05) is 0 Å². The van der Waals surface area contributed by atoms with Gasteiger partial charge in [0.1, 0.15) is 0 Å². The number of nitrogens with zero attached hydrogens (tertiary/aromatic N) is 6. The number of nitrogens with one attached hydrogen (secondary N) is 1. The molecule has 11 heteroatoms. The molecule has 158 valence electrons. The molecule has 0 radical (unpaired) electrons. The number of aromatic nitrogens is 4. The molecule has 5 rings (SSSR count). The molecule has 1 saturated heterocycles. The summed E-state index contributed by atoms with van der Waals surface area (Å²) in [6.07, 6.45) is 2.74. The molecule has 0 aromatic carbocycles. The van der Waals surface area contributed by atoms with E-state index in [1.54, 1.807) is 17.0 Å². The Labute approximate surface area is 174 Å². The Balaban J connectivity index is 1.54. The quantitative estimate of drug-likeness (QED) is 0.673. The lowest BCUT2D eigenvalue weighted by Crippen LogP contribution is -2.48. The van der Waals surface area contributed by atoms with Gasteiger partial charge >= 0.3 is 12.2 Å². The van der Waals surface area contributed by atoms with Crippen molar-refractivity contribution in [3.05, 3.63) is 54.7 Å². The summed E-state index contributed by atoms with van der Waals surface area (Å²) in [6, 6.07) is 3.91. The smallest absolute Gasteiger partial charge is 0.366 e. The van der Waals surface area contributed by atoms with E-state index in [1.807, 2.05) is 0 Å². The molecule has 0 unspecified atom stereocenters. The van der Waals surface area contributed by atoms with Crippen LogP contribution >= 0.6 is 0 Å². The Morgan fingerprint density at radius 2 is 2.00 bits per heavy atom. The van der Waals surface area contributed by atoms with Gasteiger partial charge in [0, 0.05) is 43.4 Å². The fourth-order valence-corrected chi connectivity index (χ4v) is 3.90. The number of urea groups is 1. The number of hydrogen-bond donors (Lipinski definition) is 1. The number of alkyl halides is 3. The maximum atomic E-state index is 13.1. The molecule has 2 aliphatic heterocycles. The Hall–Kier alpha value is -3.76. The third kappa shape index (κ3) is 3.51. The number of pyridine rings is 2. The summed E-state index contributed by atoms with van der Waals surface area (Å²) >= 11 is 0. The van der Waals surface area contributed by atoms with Crippen molar-refractivity contribution in [2.24, 2.45) is 0 Å². The van der Waals surface area contributed by atoms with Crippen LogP contribution in [0.5, 0.6) is 0 Å². The number of carbonyl (C=O) groups is 1. The van der Waals surface area contributed by atoms with E-state index in [0.29, 0.717) is 23.9 Å². The van der Waals surface area contributed by atoms with Crippen molar-refractivity contribution in [3.8, 4) is 11.3 Å². The zero-order valence-electron chi connectivity index (χ0n) is 16.0. The molecule has 3 aromatic rings. The van der Waals surface area contributed by atoms with Gasteiger partial charge in [0.15, 0.2) is 11.6 Å². The number of rotatable bonds is 2. The molecular weight excluding hydrogens is 411 g/mol. The van der Waals surface area contributed by atoms with E-state index >= 15 is 0 Å². The van der Waals surface area contributed by atoms with Crippen LogP contribution in [-0.4, -0.2) is 45.1 Å². The number of hydrogen-bond acceptors (Lipinski definition) is 6. The van der Waals surface area contributed by atoms with Gasteiger partial charge in [-0.15, -0.1) is 0 Å². The summed E-state index contributed by atoms with van der Waals surface area (Å²) in [7, 11) is 0. The average molecular weight is 427 g/mol. The predicted octanol–water partition coefficient (Wildman–Crippen LogP) is 3.58. The molecule has 1 fully saturated rings. The maximum absolute atomic E-state index is 13.1. The van der Waals surface area contributed by atoms with E-state index < -0.39 is 17.8 Å². The van der Waals surface area contributed by atoms with Crippen LogP contribution in [0.15, 0.2) is 49.2 Å². The molecule has 0 aliphatic carbocycles. The van der Waals surface area contributed by atoms with Gasteiger partial charge < -0.3 is 4.90 Å². The van der Waals surface area contributed by atoms with Crippen molar-refractivity contribution in [1.82, 2.24) is 19.9 Å². The van der Waals surface area contributed by atoms with Crippen molar-refractivity contribution in [2.45, 2.75) is 18.6 Å². The lowest BCUT2D eigenvalue weighted by molar-refractivity contribution is -0.137. The van der Waals surface area contributed by atoms with Gasteiger partial charge in [-0.05, 0) is 24.6 Å². The zero-order chi connectivity index (χ0) is 21.6. The Morgan fingerprint density at radius 3 is 2.77 bits per heavy atom. The molecule has 1 atom stereocenters. The van der Waals surface area contributed by atoms with Crippen LogP contribution < -0.4 is 15.1 Å². The fourth-order valence-electron chi connectivity index (χ4n) is 3.90. The van der Waals surface area contributed by atoms with Crippen molar-refractivity contribution in [3.63, 3.8) is 0 Å². The standard InChI is InChI=1S/C20H16F3N7O/c21-20(22,23)13-7-12(8-25-9-13)15-1-2-16-18(27-15)30(14-3-6-29(16)11-14)19(31)28-17-10-24-4-5-26-17/h1-2,4-5,7-10,14H,3,6,11H2,(H,26,28,31)/t14-/m0/s1. The van der Waals surface area contributed by atoms with Gasteiger partial charge in [-0.2, -0.15) is 13.2 Å². The fraction of sp³-hybridized carbons (Fsp3) is 0.250. The van der Waals surface area contributed by atoms with E-state index in [9.17, 15) is 18.0 Å². The minimum absolute atomic E-state index is 0.105. The second kappa shape index (κ2) is 7.18. The molecule has 5 heterocycles. The topological polar surface area (TPSA) is 87.1 Å². The molecule has 3 aromatic heterocycles. The number of fused-ring (bicyclic) bond motifs is 4. The summed E-state index contributed by atoms with van der Waals surface area (Å²) in [5, 5.41) is 2.72. The minimum Gasteiger partial charge on any atom is -0.366 e. The van der Waals surface area contributed by atoms with Crippen LogP contribution in [0.25, 0.3) is 11.3 Å². The van der Waals surface area contributed by atoms with E-state index in [4.69, 9.17) is 0 Å². The molecule has 0 saturated carbocycles. The number of carbonyl (C=O) groups excluding carboxylic acids is 1. The largest absolute Gasteiger partial charge is 0.417 e. The highest BCUT2D eigenvalue weighted by Crippen LogP contribution is 2.40. The van der Waals surface area contributed by atoms with Gasteiger partial charge in [0.05, 0.1) is 29.2 Å². The second-order valence-corrected chi connectivity index (χ2v) is 7.28. The van der Waals surface area contributed by atoms with Crippen LogP contribution in [0, 0.1) is 0 Å². The minimum atomic E-state index is -4.51. The van der Waals surface area contributed by atoms with Crippen LogP contribution in [0.1, 0.15) is 12.0 Å². The average Bonchev–Trinajstić information content (AvgIpc) is 3.18. The monoisotopic (exact) mass is 427 g/mol. The molecule has 0 spiro atoms. The predicted molar refractivity (Wildman–Crippen MR) is 107 cm³/mol. The molecule has 2 bridgehead atoms. The normalized spacial score (nSPS) is 17.5. The van der Waals surface area contributed by atoms with Crippen LogP contribution in [0.3, 0.4) is 0 Å². The van der Waals surface area contributed by atoms with E-state index in [1.165, 1.54) is 24.8 Å². The second-order valence-electron chi connectivity index (χ2n) is 7.28. The van der Waals surface area contributed by atoms with Gasteiger partial charge in [0.2, 0.25) is 0 Å². The Bertz CT molecular complexity index is 1140. The summed E-state index contributed by atoms with van der Waals surface area (Å²) in [6.45, 7) is 1.42. The molecule has 8 nitrogen and oxygen atoms in total.